The minimum absolute atomic E-state index is 0.188. The van der Waals surface area contributed by atoms with E-state index in [0.717, 1.165) is 38.5 Å². The maximum Gasteiger partial charge on any atom is 0.136 e. The molecule has 2 aliphatic rings. The second-order valence-electron chi connectivity index (χ2n) is 4.48. The molecular formula is C11H18O2. The molecule has 2 nitrogen and oxygen atoms in total. The van der Waals surface area contributed by atoms with Crippen LogP contribution in [0.4, 0.5) is 0 Å². The molecule has 3 atom stereocenters. The second-order valence-corrected chi connectivity index (χ2v) is 4.48. The van der Waals surface area contributed by atoms with Crippen molar-refractivity contribution in [3.63, 3.8) is 0 Å². The van der Waals surface area contributed by atoms with E-state index < -0.39 is 0 Å². The van der Waals surface area contributed by atoms with Gasteiger partial charge in [-0.25, -0.2) is 0 Å². The van der Waals surface area contributed by atoms with Crippen molar-refractivity contribution in [2.75, 3.05) is 0 Å². The summed E-state index contributed by atoms with van der Waals surface area (Å²) in [6.07, 6.45) is 6.93. The normalized spacial score (nSPS) is 41.0. The van der Waals surface area contributed by atoms with Crippen LogP contribution in [0.2, 0.25) is 0 Å². The summed E-state index contributed by atoms with van der Waals surface area (Å²) >= 11 is 0. The van der Waals surface area contributed by atoms with Gasteiger partial charge in [0.1, 0.15) is 5.78 Å². The van der Waals surface area contributed by atoms with Crippen LogP contribution < -0.4 is 0 Å². The summed E-state index contributed by atoms with van der Waals surface area (Å²) in [5.41, 5.74) is 0. The molecule has 13 heavy (non-hydrogen) atoms. The molecule has 74 valence electrons. The molecule has 2 heteroatoms. The van der Waals surface area contributed by atoms with E-state index in [4.69, 9.17) is 0 Å². The molecular weight excluding hydrogens is 164 g/mol. The van der Waals surface area contributed by atoms with Crippen molar-refractivity contribution in [2.24, 2.45) is 11.8 Å². The number of hydrogen-bond acceptors (Lipinski definition) is 2. The fraction of sp³-hybridized carbons (Fsp3) is 0.909. The number of aliphatic hydroxyl groups excluding tert-OH is 1. The Hall–Kier alpha value is -0.370. The zero-order valence-electron chi connectivity index (χ0n) is 8.04. The van der Waals surface area contributed by atoms with E-state index in [2.05, 4.69) is 0 Å². The zero-order chi connectivity index (χ0) is 9.26. The Bertz CT molecular complexity index is 200. The molecule has 0 aromatic carbocycles. The van der Waals surface area contributed by atoms with Gasteiger partial charge in [-0.15, -0.1) is 0 Å². The van der Waals surface area contributed by atoms with E-state index in [1.165, 1.54) is 6.42 Å². The predicted octanol–water partition coefficient (Wildman–Crippen LogP) is 1.91. The molecule has 1 N–H and O–H groups in total. The van der Waals surface area contributed by atoms with Crippen LogP contribution in [0.25, 0.3) is 0 Å². The lowest BCUT2D eigenvalue weighted by Crippen LogP contribution is -2.31. The Morgan fingerprint density at radius 1 is 1.08 bits per heavy atom. The van der Waals surface area contributed by atoms with Gasteiger partial charge in [-0.1, -0.05) is 12.8 Å². The molecule has 0 heterocycles. The van der Waals surface area contributed by atoms with E-state index in [1.54, 1.807) is 0 Å². The molecule has 0 aromatic rings. The van der Waals surface area contributed by atoms with Crippen LogP contribution in [-0.4, -0.2) is 17.0 Å². The highest BCUT2D eigenvalue weighted by atomic mass is 16.3. The quantitative estimate of drug-likeness (QED) is 0.672. The maximum atomic E-state index is 11.6. The van der Waals surface area contributed by atoms with E-state index in [-0.39, 0.29) is 12.0 Å². The van der Waals surface area contributed by atoms with Gasteiger partial charge in [0.25, 0.3) is 0 Å². The topological polar surface area (TPSA) is 37.3 Å². The Morgan fingerprint density at radius 2 is 1.92 bits per heavy atom. The van der Waals surface area contributed by atoms with Gasteiger partial charge < -0.3 is 5.11 Å². The van der Waals surface area contributed by atoms with Crippen molar-refractivity contribution in [1.29, 1.82) is 0 Å². The third-order valence-corrected chi connectivity index (χ3v) is 3.65. The fourth-order valence-electron chi connectivity index (χ4n) is 2.90. The third-order valence-electron chi connectivity index (χ3n) is 3.65. The molecule has 0 bridgehead atoms. The summed E-state index contributed by atoms with van der Waals surface area (Å²) in [6, 6.07) is 0. The summed E-state index contributed by atoms with van der Waals surface area (Å²) in [6.45, 7) is 0. The first-order valence-corrected chi connectivity index (χ1v) is 5.50. The first-order valence-electron chi connectivity index (χ1n) is 5.50. The highest BCUT2D eigenvalue weighted by Gasteiger charge is 2.36. The number of ketones is 1. The van der Waals surface area contributed by atoms with Crippen molar-refractivity contribution in [1.82, 2.24) is 0 Å². The van der Waals surface area contributed by atoms with Crippen LogP contribution in [0, 0.1) is 11.8 Å². The number of rotatable bonds is 1. The lowest BCUT2D eigenvalue weighted by Gasteiger charge is -2.28. The molecule has 0 unspecified atom stereocenters. The number of Topliss-reactive ketones (excluding diaryl/α,β-unsaturated/α-hetero) is 1. The summed E-state index contributed by atoms with van der Waals surface area (Å²) < 4.78 is 0. The Balaban J connectivity index is 2.01. The van der Waals surface area contributed by atoms with Crippen molar-refractivity contribution in [3.8, 4) is 0 Å². The molecule has 2 saturated carbocycles. The molecule has 0 aromatic heterocycles. The van der Waals surface area contributed by atoms with Gasteiger partial charge in [-0.05, 0) is 31.6 Å². The largest absolute Gasteiger partial charge is 0.393 e. The summed E-state index contributed by atoms with van der Waals surface area (Å²) in [4.78, 5) is 11.6. The van der Waals surface area contributed by atoms with Gasteiger partial charge >= 0.3 is 0 Å². The summed E-state index contributed by atoms with van der Waals surface area (Å²) in [7, 11) is 0. The number of hydrogen-bond donors (Lipinski definition) is 1. The van der Waals surface area contributed by atoms with Gasteiger partial charge in [0.05, 0.1) is 6.10 Å². The van der Waals surface area contributed by atoms with Crippen LogP contribution in [0.15, 0.2) is 0 Å². The van der Waals surface area contributed by atoms with Gasteiger partial charge in [-0.3, -0.25) is 4.79 Å². The van der Waals surface area contributed by atoms with Gasteiger partial charge in [0, 0.05) is 12.3 Å². The van der Waals surface area contributed by atoms with Crippen LogP contribution in [-0.2, 0) is 4.79 Å². The number of carbonyl (C=O) groups excluding carboxylic acids is 1. The SMILES string of the molecule is O=C1CCCC[C@H]1[C@@H]1CCC[C@H]1O. The Morgan fingerprint density at radius 3 is 2.54 bits per heavy atom. The average Bonchev–Trinajstić information content (AvgIpc) is 2.52. The number of carbonyl (C=O) groups is 1. The van der Waals surface area contributed by atoms with Crippen molar-refractivity contribution >= 4 is 5.78 Å². The molecule has 2 aliphatic carbocycles. The minimum Gasteiger partial charge on any atom is -0.393 e. The lowest BCUT2D eigenvalue weighted by atomic mass is 9.77. The van der Waals surface area contributed by atoms with Crippen LogP contribution in [0.1, 0.15) is 44.9 Å². The molecule has 2 fully saturated rings. The Labute approximate surface area is 79.3 Å². The predicted molar refractivity (Wildman–Crippen MR) is 50.3 cm³/mol. The zero-order valence-corrected chi connectivity index (χ0v) is 8.04. The van der Waals surface area contributed by atoms with Gasteiger partial charge in [0.2, 0.25) is 0 Å². The molecule has 2 rings (SSSR count). The summed E-state index contributed by atoms with van der Waals surface area (Å²) in [5.74, 6) is 0.913. The molecule has 0 amide bonds. The minimum atomic E-state index is -0.188. The first-order chi connectivity index (χ1) is 6.29. The Kier molecular flexibility index (Phi) is 2.68. The monoisotopic (exact) mass is 182 g/mol. The molecule has 0 spiro atoms. The maximum absolute atomic E-state index is 11.6. The molecule has 0 radical (unpaired) electrons. The molecule has 0 saturated heterocycles. The van der Waals surface area contributed by atoms with Crippen LogP contribution in [0.3, 0.4) is 0 Å². The molecule has 0 aliphatic heterocycles. The average molecular weight is 182 g/mol. The second kappa shape index (κ2) is 3.79. The summed E-state index contributed by atoms with van der Waals surface area (Å²) in [5, 5.41) is 9.71. The van der Waals surface area contributed by atoms with E-state index in [1.807, 2.05) is 0 Å². The number of aliphatic hydroxyl groups is 1. The highest BCUT2D eigenvalue weighted by molar-refractivity contribution is 5.82. The highest BCUT2D eigenvalue weighted by Crippen LogP contribution is 2.37. The van der Waals surface area contributed by atoms with E-state index in [0.29, 0.717) is 11.7 Å². The van der Waals surface area contributed by atoms with E-state index in [9.17, 15) is 9.90 Å². The van der Waals surface area contributed by atoms with Crippen molar-refractivity contribution in [2.45, 2.75) is 51.0 Å². The first kappa shape index (κ1) is 9.20. The smallest absolute Gasteiger partial charge is 0.136 e. The third kappa shape index (κ3) is 1.78. The van der Waals surface area contributed by atoms with Crippen molar-refractivity contribution < 1.29 is 9.90 Å². The van der Waals surface area contributed by atoms with Crippen LogP contribution >= 0.6 is 0 Å². The fourth-order valence-corrected chi connectivity index (χ4v) is 2.90. The lowest BCUT2D eigenvalue weighted by molar-refractivity contribution is -0.127. The van der Waals surface area contributed by atoms with Crippen LogP contribution in [0.5, 0.6) is 0 Å². The van der Waals surface area contributed by atoms with Gasteiger partial charge in [0.15, 0.2) is 0 Å². The van der Waals surface area contributed by atoms with Gasteiger partial charge in [-0.2, -0.15) is 0 Å². The van der Waals surface area contributed by atoms with E-state index >= 15 is 0 Å². The van der Waals surface area contributed by atoms with Crippen molar-refractivity contribution in [3.05, 3.63) is 0 Å². The standard InChI is InChI=1S/C11H18O2/c12-10-6-2-1-4-8(10)9-5-3-7-11(9)13/h8-9,11,13H,1-7H2/t8-,9-,11+/m0/s1.